The summed E-state index contributed by atoms with van der Waals surface area (Å²) < 4.78 is 5.34. The second kappa shape index (κ2) is 11.0. The van der Waals surface area contributed by atoms with E-state index in [-0.39, 0.29) is 18.3 Å². The number of methoxy groups -OCH3 is 1. The molecule has 1 aliphatic heterocycles. The van der Waals surface area contributed by atoms with Gasteiger partial charge in [-0.25, -0.2) is 0 Å². The fourth-order valence-electron chi connectivity index (χ4n) is 3.60. The molecule has 1 aliphatic rings. The largest absolute Gasteiger partial charge is 0.496 e. The summed E-state index contributed by atoms with van der Waals surface area (Å²) in [6.07, 6.45) is 3.30. The third-order valence-corrected chi connectivity index (χ3v) is 5.12. The zero-order valence-electron chi connectivity index (χ0n) is 15.9. The Morgan fingerprint density at radius 2 is 1.74 bits per heavy atom. The van der Waals surface area contributed by atoms with Crippen molar-refractivity contribution in [2.24, 2.45) is 5.92 Å². The maximum atomic E-state index is 12.4. The first kappa shape index (κ1) is 21.3. The van der Waals surface area contributed by atoms with Crippen LogP contribution in [0.25, 0.3) is 0 Å². The fourth-order valence-corrected chi connectivity index (χ4v) is 3.60. The molecule has 27 heavy (non-hydrogen) atoms. The highest BCUT2D eigenvalue weighted by Crippen LogP contribution is 2.21. The maximum absolute atomic E-state index is 12.4. The van der Waals surface area contributed by atoms with Gasteiger partial charge >= 0.3 is 0 Å². The van der Waals surface area contributed by atoms with Gasteiger partial charge in [0.1, 0.15) is 5.75 Å². The number of carbonyl (C=O) groups is 1. The predicted molar refractivity (Wildman–Crippen MR) is 111 cm³/mol. The molecule has 0 aromatic heterocycles. The Morgan fingerprint density at radius 1 is 1.07 bits per heavy atom. The highest BCUT2D eigenvalue weighted by molar-refractivity contribution is 5.85. The van der Waals surface area contributed by atoms with Crippen LogP contribution in [-0.2, 0) is 17.8 Å². The quantitative estimate of drug-likeness (QED) is 0.786. The van der Waals surface area contributed by atoms with Gasteiger partial charge in [0.2, 0.25) is 5.91 Å². The van der Waals surface area contributed by atoms with Crippen molar-refractivity contribution in [3.63, 3.8) is 0 Å². The van der Waals surface area contributed by atoms with Crippen LogP contribution in [-0.4, -0.2) is 37.6 Å². The Labute approximate surface area is 168 Å². The molecule has 5 heteroatoms. The van der Waals surface area contributed by atoms with Gasteiger partial charge in [-0.3, -0.25) is 4.79 Å². The zero-order chi connectivity index (χ0) is 18.2. The van der Waals surface area contributed by atoms with Crippen LogP contribution in [0.4, 0.5) is 0 Å². The molecule has 1 N–H and O–H groups in total. The third kappa shape index (κ3) is 6.26. The molecule has 4 nitrogen and oxygen atoms in total. The number of nitrogens with zero attached hydrogens (tertiary/aromatic N) is 1. The van der Waals surface area contributed by atoms with Crippen molar-refractivity contribution in [1.29, 1.82) is 0 Å². The number of halogens is 1. The number of ether oxygens (including phenoxy) is 1. The fraction of sp³-hybridized carbons (Fsp3) is 0.409. The van der Waals surface area contributed by atoms with E-state index >= 15 is 0 Å². The number of carbonyl (C=O) groups excluding carboxylic acids is 1. The van der Waals surface area contributed by atoms with Crippen molar-refractivity contribution >= 4 is 18.3 Å². The van der Waals surface area contributed by atoms with E-state index in [2.05, 4.69) is 35.6 Å². The number of benzene rings is 2. The van der Waals surface area contributed by atoms with E-state index in [4.69, 9.17) is 4.74 Å². The lowest BCUT2D eigenvalue weighted by molar-refractivity contribution is -0.131. The molecule has 146 valence electrons. The lowest BCUT2D eigenvalue weighted by Crippen LogP contribution is -2.43. The normalized spacial score (nSPS) is 14.5. The molecule has 0 aliphatic carbocycles. The number of rotatable bonds is 7. The second-order valence-corrected chi connectivity index (χ2v) is 6.93. The predicted octanol–water partition coefficient (Wildman–Crippen LogP) is 3.69. The number of hydrogen-bond acceptors (Lipinski definition) is 3. The SMILES string of the molecule is COc1ccccc1CNCC(=O)N1CCC(Cc2ccccc2)CC1.Cl. The molecule has 0 bridgehead atoms. The van der Waals surface area contributed by atoms with Crippen LogP contribution in [0.5, 0.6) is 5.75 Å². The molecule has 0 saturated carbocycles. The topological polar surface area (TPSA) is 41.6 Å². The second-order valence-electron chi connectivity index (χ2n) is 6.93. The molecule has 1 saturated heterocycles. The number of amides is 1. The molecular formula is C22H29ClN2O2. The average Bonchev–Trinajstić information content (AvgIpc) is 2.69. The first-order valence-corrected chi connectivity index (χ1v) is 9.40. The van der Waals surface area contributed by atoms with Gasteiger partial charge < -0.3 is 15.0 Å². The van der Waals surface area contributed by atoms with Crippen LogP contribution < -0.4 is 10.1 Å². The standard InChI is InChI=1S/C22H28N2O2.ClH/c1-26-21-10-6-5-9-20(21)16-23-17-22(25)24-13-11-19(12-14-24)15-18-7-3-2-4-8-18;/h2-10,19,23H,11-17H2,1H3;1H. The van der Waals surface area contributed by atoms with Crippen molar-refractivity contribution < 1.29 is 9.53 Å². The lowest BCUT2D eigenvalue weighted by Gasteiger charge is -2.32. The van der Waals surface area contributed by atoms with Crippen LogP contribution in [0.1, 0.15) is 24.0 Å². The Bertz CT molecular complexity index is 700. The van der Waals surface area contributed by atoms with Gasteiger partial charge in [-0.05, 0) is 36.8 Å². The van der Waals surface area contributed by atoms with Crippen molar-refractivity contribution in [3.05, 3.63) is 65.7 Å². The highest BCUT2D eigenvalue weighted by Gasteiger charge is 2.22. The smallest absolute Gasteiger partial charge is 0.236 e. The van der Waals surface area contributed by atoms with E-state index in [0.29, 0.717) is 19.0 Å². The van der Waals surface area contributed by atoms with E-state index in [1.807, 2.05) is 29.2 Å². The summed E-state index contributed by atoms with van der Waals surface area (Å²) in [6, 6.07) is 18.5. The molecule has 0 spiro atoms. The summed E-state index contributed by atoms with van der Waals surface area (Å²) >= 11 is 0. The highest BCUT2D eigenvalue weighted by atomic mass is 35.5. The van der Waals surface area contributed by atoms with Crippen LogP contribution >= 0.6 is 12.4 Å². The van der Waals surface area contributed by atoms with Crippen molar-refractivity contribution in [3.8, 4) is 5.75 Å². The summed E-state index contributed by atoms with van der Waals surface area (Å²) in [4.78, 5) is 14.4. The van der Waals surface area contributed by atoms with Crippen molar-refractivity contribution in [1.82, 2.24) is 10.2 Å². The van der Waals surface area contributed by atoms with Crippen LogP contribution in [0.2, 0.25) is 0 Å². The number of hydrogen-bond donors (Lipinski definition) is 1. The third-order valence-electron chi connectivity index (χ3n) is 5.12. The minimum Gasteiger partial charge on any atom is -0.496 e. The lowest BCUT2D eigenvalue weighted by atomic mass is 9.90. The van der Waals surface area contributed by atoms with Gasteiger partial charge in [-0.2, -0.15) is 0 Å². The number of para-hydroxylation sites is 1. The molecule has 0 radical (unpaired) electrons. The molecule has 2 aromatic carbocycles. The summed E-state index contributed by atoms with van der Waals surface area (Å²) in [5, 5.41) is 3.25. The number of nitrogens with one attached hydrogen (secondary N) is 1. The average molecular weight is 389 g/mol. The summed E-state index contributed by atoms with van der Waals surface area (Å²) in [5.74, 6) is 1.73. The van der Waals surface area contributed by atoms with E-state index in [0.717, 1.165) is 43.7 Å². The molecule has 1 heterocycles. The van der Waals surface area contributed by atoms with E-state index in [1.165, 1.54) is 5.56 Å². The maximum Gasteiger partial charge on any atom is 0.236 e. The first-order valence-electron chi connectivity index (χ1n) is 9.40. The Balaban J connectivity index is 0.00000261. The van der Waals surface area contributed by atoms with Gasteiger partial charge in [0, 0.05) is 25.2 Å². The van der Waals surface area contributed by atoms with E-state index in [1.54, 1.807) is 7.11 Å². The molecule has 0 atom stereocenters. The molecule has 3 rings (SSSR count). The van der Waals surface area contributed by atoms with E-state index < -0.39 is 0 Å². The molecular weight excluding hydrogens is 360 g/mol. The van der Waals surface area contributed by atoms with Gasteiger partial charge in [-0.1, -0.05) is 48.5 Å². The van der Waals surface area contributed by atoms with Crippen LogP contribution in [0.15, 0.2) is 54.6 Å². The molecule has 1 amide bonds. The molecule has 1 fully saturated rings. The first-order chi connectivity index (χ1) is 12.8. The van der Waals surface area contributed by atoms with E-state index in [9.17, 15) is 4.79 Å². The summed E-state index contributed by atoms with van der Waals surface area (Å²) in [6.45, 7) is 2.75. The minimum atomic E-state index is 0. The molecule has 2 aromatic rings. The van der Waals surface area contributed by atoms with Gasteiger partial charge in [-0.15, -0.1) is 12.4 Å². The van der Waals surface area contributed by atoms with Gasteiger partial charge in [0.25, 0.3) is 0 Å². The Hall–Kier alpha value is -2.04. The molecule has 0 unspecified atom stereocenters. The zero-order valence-corrected chi connectivity index (χ0v) is 16.7. The number of likely N-dealkylation sites (tertiary alicyclic amines) is 1. The van der Waals surface area contributed by atoms with Crippen LogP contribution in [0, 0.1) is 5.92 Å². The Kier molecular flexibility index (Phi) is 8.62. The minimum absolute atomic E-state index is 0. The van der Waals surface area contributed by atoms with Gasteiger partial charge in [0.15, 0.2) is 0 Å². The summed E-state index contributed by atoms with van der Waals surface area (Å²) in [5.41, 5.74) is 2.47. The number of piperidine rings is 1. The van der Waals surface area contributed by atoms with Crippen LogP contribution in [0.3, 0.4) is 0 Å². The van der Waals surface area contributed by atoms with Crippen molar-refractivity contribution in [2.45, 2.75) is 25.8 Å². The van der Waals surface area contributed by atoms with Gasteiger partial charge in [0.05, 0.1) is 13.7 Å². The Morgan fingerprint density at radius 3 is 2.44 bits per heavy atom. The summed E-state index contributed by atoms with van der Waals surface area (Å²) in [7, 11) is 1.67. The monoisotopic (exact) mass is 388 g/mol. The van der Waals surface area contributed by atoms with Crippen molar-refractivity contribution in [2.75, 3.05) is 26.7 Å².